The maximum absolute atomic E-state index is 13.3. The zero-order valence-electron chi connectivity index (χ0n) is 13.6. The summed E-state index contributed by atoms with van der Waals surface area (Å²) >= 11 is 0. The minimum absolute atomic E-state index is 0.164. The first-order valence-corrected chi connectivity index (χ1v) is 8.11. The summed E-state index contributed by atoms with van der Waals surface area (Å²) in [5.41, 5.74) is 6.81. The normalized spacial score (nSPS) is 26.5. The number of carbonyl (C=O) groups is 1. The van der Waals surface area contributed by atoms with Gasteiger partial charge in [-0.05, 0) is 24.1 Å². The van der Waals surface area contributed by atoms with E-state index in [0.29, 0.717) is 25.2 Å². The van der Waals surface area contributed by atoms with E-state index in [1.165, 1.54) is 6.07 Å². The Labute approximate surface area is 136 Å². The van der Waals surface area contributed by atoms with Crippen LogP contribution in [0.1, 0.15) is 17.5 Å². The summed E-state index contributed by atoms with van der Waals surface area (Å²) in [6.45, 7) is 6.91. The van der Waals surface area contributed by atoms with Crippen molar-refractivity contribution in [2.75, 3.05) is 39.4 Å². The molecule has 0 aliphatic carbocycles. The smallest absolute Gasteiger partial charge is 0.240 e. The van der Waals surface area contributed by atoms with Crippen molar-refractivity contribution in [2.24, 2.45) is 5.73 Å². The van der Waals surface area contributed by atoms with Gasteiger partial charge in [-0.25, -0.2) is 4.39 Å². The fraction of sp³-hybridized carbons (Fsp3) is 0.588. The Bertz CT molecular complexity index is 579. The lowest BCUT2D eigenvalue weighted by atomic mass is 9.94. The fourth-order valence-corrected chi connectivity index (χ4v) is 3.55. The number of halogens is 1. The molecule has 126 valence electrons. The highest BCUT2D eigenvalue weighted by atomic mass is 19.1. The summed E-state index contributed by atoms with van der Waals surface area (Å²) < 4.78 is 18.8. The molecule has 2 N–H and O–H groups in total. The number of aryl methyl sites for hydroxylation is 1. The van der Waals surface area contributed by atoms with E-state index >= 15 is 0 Å². The Balaban J connectivity index is 1.60. The van der Waals surface area contributed by atoms with Gasteiger partial charge in [0.1, 0.15) is 11.4 Å². The van der Waals surface area contributed by atoms with Gasteiger partial charge in [0.2, 0.25) is 5.91 Å². The molecule has 5 nitrogen and oxygen atoms in total. The molecule has 1 unspecified atom stereocenters. The van der Waals surface area contributed by atoms with Crippen LogP contribution >= 0.6 is 0 Å². The van der Waals surface area contributed by atoms with Crippen molar-refractivity contribution in [1.29, 1.82) is 0 Å². The summed E-state index contributed by atoms with van der Waals surface area (Å²) in [6, 6.07) is 5.26. The summed E-state index contributed by atoms with van der Waals surface area (Å²) in [4.78, 5) is 16.4. The molecule has 0 aromatic heterocycles. The molecule has 2 heterocycles. The fourth-order valence-electron chi connectivity index (χ4n) is 3.55. The molecular weight excluding hydrogens is 297 g/mol. The van der Waals surface area contributed by atoms with Crippen LogP contribution in [0.2, 0.25) is 0 Å². The number of nitrogens with two attached hydrogens (primary N) is 1. The number of rotatable bonds is 4. The highest BCUT2D eigenvalue weighted by Crippen LogP contribution is 2.27. The molecule has 3 rings (SSSR count). The van der Waals surface area contributed by atoms with Crippen LogP contribution in [0.4, 0.5) is 4.39 Å². The van der Waals surface area contributed by atoms with E-state index < -0.39 is 5.54 Å². The number of hydrogen-bond donors (Lipinski definition) is 1. The molecule has 0 saturated carbocycles. The molecule has 0 spiro atoms. The van der Waals surface area contributed by atoms with Gasteiger partial charge in [-0.3, -0.25) is 14.6 Å². The van der Waals surface area contributed by atoms with E-state index in [4.69, 9.17) is 10.5 Å². The van der Waals surface area contributed by atoms with Gasteiger partial charge in [0, 0.05) is 45.8 Å². The van der Waals surface area contributed by atoms with Crippen LogP contribution in [-0.4, -0.2) is 60.6 Å². The Morgan fingerprint density at radius 3 is 2.65 bits per heavy atom. The highest BCUT2D eigenvalue weighted by molar-refractivity contribution is 5.85. The summed E-state index contributed by atoms with van der Waals surface area (Å²) in [5.74, 6) is -0.444. The molecule has 1 amide bonds. The lowest BCUT2D eigenvalue weighted by Crippen LogP contribution is -2.63. The quantitative estimate of drug-likeness (QED) is 0.895. The number of carbonyl (C=O) groups excluding carboxylic acids is 1. The molecule has 1 atom stereocenters. The van der Waals surface area contributed by atoms with Crippen molar-refractivity contribution < 1.29 is 13.9 Å². The monoisotopic (exact) mass is 321 g/mol. The predicted molar refractivity (Wildman–Crippen MR) is 85.3 cm³/mol. The van der Waals surface area contributed by atoms with Crippen molar-refractivity contribution in [3.8, 4) is 0 Å². The predicted octanol–water partition coefficient (Wildman–Crippen LogP) is 0.896. The Morgan fingerprint density at radius 1 is 1.35 bits per heavy atom. The zero-order chi connectivity index (χ0) is 16.4. The van der Waals surface area contributed by atoms with Crippen molar-refractivity contribution in [3.05, 3.63) is 35.1 Å². The van der Waals surface area contributed by atoms with Crippen LogP contribution in [-0.2, 0) is 16.1 Å². The number of benzene rings is 1. The highest BCUT2D eigenvalue weighted by Gasteiger charge is 2.46. The minimum Gasteiger partial charge on any atom is -0.379 e. The minimum atomic E-state index is -0.626. The van der Waals surface area contributed by atoms with E-state index in [1.54, 1.807) is 6.92 Å². The van der Waals surface area contributed by atoms with E-state index in [0.717, 1.165) is 38.3 Å². The van der Waals surface area contributed by atoms with E-state index in [-0.39, 0.29) is 11.7 Å². The second-order valence-electron chi connectivity index (χ2n) is 6.55. The van der Waals surface area contributed by atoms with Crippen molar-refractivity contribution >= 4 is 5.91 Å². The molecule has 2 fully saturated rings. The van der Waals surface area contributed by atoms with Crippen molar-refractivity contribution in [3.63, 3.8) is 0 Å². The average Bonchev–Trinajstić information content (AvgIpc) is 3.03. The number of amides is 1. The standard InChI is InChI=1S/C17H24FN3O2/c1-13-10-14(2-3-15(13)18)11-20-5-7-21(8-6-20)17(16(19)22)4-9-23-12-17/h2-3,10H,4-9,11-12H2,1H3,(H2,19,22). The van der Waals surface area contributed by atoms with E-state index in [2.05, 4.69) is 9.80 Å². The molecule has 1 aromatic rings. The summed E-state index contributed by atoms with van der Waals surface area (Å²) in [5, 5.41) is 0. The molecular formula is C17H24FN3O2. The first-order valence-electron chi connectivity index (χ1n) is 8.11. The zero-order valence-corrected chi connectivity index (χ0v) is 13.6. The second-order valence-corrected chi connectivity index (χ2v) is 6.55. The third-order valence-corrected chi connectivity index (χ3v) is 5.07. The first-order chi connectivity index (χ1) is 11.0. The van der Waals surface area contributed by atoms with Crippen molar-refractivity contribution in [2.45, 2.75) is 25.4 Å². The van der Waals surface area contributed by atoms with Gasteiger partial charge < -0.3 is 10.5 Å². The number of ether oxygens (including phenoxy) is 1. The van der Waals surface area contributed by atoms with Crippen LogP contribution in [0.15, 0.2) is 18.2 Å². The average molecular weight is 321 g/mol. The molecule has 6 heteroatoms. The van der Waals surface area contributed by atoms with Gasteiger partial charge in [-0.15, -0.1) is 0 Å². The third-order valence-electron chi connectivity index (χ3n) is 5.07. The van der Waals surface area contributed by atoms with Gasteiger partial charge in [0.15, 0.2) is 0 Å². The topological polar surface area (TPSA) is 58.8 Å². The summed E-state index contributed by atoms with van der Waals surface area (Å²) in [6.07, 6.45) is 0.680. The van der Waals surface area contributed by atoms with Crippen LogP contribution in [0.25, 0.3) is 0 Å². The number of primary amides is 1. The molecule has 2 aliphatic heterocycles. The largest absolute Gasteiger partial charge is 0.379 e. The molecule has 0 bridgehead atoms. The van der Waals surface area contributed by atoms with Gasteiger partial charge in [0.05, 0.1) is 6.61 Å². The van der Waals surface area contributed by atoms with Crippen molar-refractivity contribution in [1.82, 2.24) is 9.80 Å². The van der Waals surface area contributed by atoms with Gasteiger partial charge in [-0.2, -0.15) is 0 Å². The number of nitrogens with zero attached hydrogens (tertiary/aromatic N) is 2. The first kappa shape index (κ1) is 16.4. The maximum atomic E-state index is 13.3. The number of piperazine rings is 1. The van der Waals surface area contributed by atoms with Crippen LogP contribution < -0.4 is 5.73 Å². The maximum Gasteiger partial charge on any atom is 0.240 e. The summed E-state index contributed by atoms with van der Waals surface area (Å²) in [7, 11) is 0. The molecule has 2 aliphatic rings. The molecule has 2 saturated heterocycles. The van der Waals surface area contributed by atoms with Crippen LogP contribution in [0, 0.1) is 12.7 Å². The van der Waals surface area contributed by atoms with Crippen LogP contribution in [0.3, 0.4) is 0 Å². The Morgan fingerprint density at radius 2 is 2.09 bits per heavy atom. The molecule has 23 heavy (non-hydrogen) atoms. The lowest BCUT2D eigenvalue weighted by Gasteiger charge is -2.43. The number of hydrogen-bond acceptors (Lipinski definition) is 4. The Hall–Kier alpha value is -1.50. The van der Waals surface area contributed by atoms with E-state index in [1.807, 2.05) is 12.1 Å². The second kappa shape index (κ2) is 6.55. The van der Waals surface area contributed by atoms with Gasteiger partial charge in [0.25, 0.3) is 0 Å². The molecule has 1 aromatic carbocycles. The lowest BCUT2D eigenvalue weighted by molar-refractivity contribution is -0.132. The Kier molecular flexibility index (Phi) is 4.66. The van der Waals surface area contributed by atoms with Gasteiger partial charge >= 0.3 is 0 Å². The van der Waals surface area contributed by atoms with E-state index in [9.17, 15) is 9.18 Å². The third kappa shape index (κ3) is 3.24. The van der Waals surface area contributed by atoms with Gasteiger partial charge in [-0.1, -0.05) is 12.1 Å². The SMILES string of the molecule is Cc1cc(CN2CCN(C3(C(N)=O)CCOC3)CC2)ccc1F. The molecule has 0 radical (unpaired) electrons. The van der Waals surface area contributed by atoms with Crippen LogP contribution in [0.5, 0.6) is 0 Å².